The maximum atomic E-state index is 13.4. The van der Waals surface area contributed by atoms with Crippen LogP contribution in [0.2, 0.25) is 0 Å². The van der Waals surface area contributed by atoms with Crippen molar-refractivity contribution in [3.05, 3.63) is 94.5 Å². The second kappa shape index (κ2) is 6.94. The van der Waals surface area contributed by atoms with Gasteiger partial charge in [-0.25, -0.2) is 0 Å². The van der Waals surface area contributed by atoms with E-state index in [1.54, 1.807) is 24.3 Å². The quantitative estimate of drug-likeness (QED) is 0.653. The molecule has 0 bridgehead atoms. The first-order chi connectivity index (χ1) is 13.5. The van der Waals surface area contributed by atoms with E-state index in [9.17, 15) is 19.8 Å². The third kappa shape index (κ3) is 2.86. The molecule has 140 valence electrons. The topological polar surface area (TPSA) is 101 Å². The van der Waals surface area contributed by atoms with Crippen LogP contribution >= 0.6 is 0 Å². The molecule has 4 N–H and O–H groups in total. The van der Waals surface area contributed by atoms with Gasteiger partial charge >= 0.3 is 0 Å². The van der Waals surface area contributed by atoms with Crippen LogP contribution in [0.1, 0.15) is 38.5 Å². The SMILES string of the molecule is N[C@@H](Cc1ccccc1)C(=O)C1c2cccc(O)c2C(=O)c2c(O)cccc21. The van der Waals surface area contributed by atoms with Crippen molar-refractivity contribution < 1.29 is 19.8 Å². The predicted molar refractivity (Wildman–Crippen MR) is 105 cm³/mol. The van der Waals surface area contributed by atoms with Gasteiger partial charge in [-0.05, 0) is 35.2 Å². The second-order valence-electron chi connectivity index (χ2n) is 6.94. The number of ketones is 2. The monoisotopic (exact) mass is 373 g/mol. The first-order valence-electron chi connectivity index (χ1n) is 9.00. The Morgan fingerprint density at radius 1 is 0.857 bits per heavy atom. The van der Waals surface area contributed by atoms with Gasteiger partial charge in [-0.2, -0.15) is 0 Å². The Morgan fingerprint density at radius 3 is 1.93 bits per heavy atom. The van der Waals surface area contributed by atoms with Gasteiger partial charge in [0, 0.05) is 0 Å². The molecule has 0 heterocycles. The van der Waals surface area contributed by atoms with Gasteiger partial charge in [0.05, 0.1) is 23.1 Å². The van der Waals surface area contributed by atoms with Crippen molar-refractivity contribution in [3.63, 3.8) is 0 Å². The zero-order chi connectivity index (χ0) is 19.8. The van der Waals surface area contributed by atoms with Crippen LogP contribution in [0.25, 0.3) is 0 Å². The highest BCUT2D eigenvalue weighted by Crippen LogP contribution is 2.43. The van der Waals surface area contributed by atoms with Crippen LogP contribution in [-0.4, -0.2) is 27.8 Å². The lowest BCUT2D eigenvalue weighted by molar-refractivity contribution is -0.120. The van der Waals surface area contributed by atoms with Gasteiger partial charge in [0.1, 0.15) is 11.5 Å². The molecule has 1 aliphatic rings. The van der Waals surface area contributed by atoms with Crippen molar-refractivity contribution in [1.29, 1.82) is 0 Å². The molecule has 0 unspecified atom stereocenters. The number of carbonyl (C=O) groups is 2. The minimum atomic E-state index is -0.833. The Bertz CT molecular complexity index is 1020. The lowest BCUT2D eigenvalue weighted by Gasteiger charge is -2.29. The van der Waals surface area contributed by atoms with Crippen LogP contribution in [-0.2, 0) is 11.2 Å². The molecule has 0 saturated carbocycles. The van der Waals surface area contributed by atoms with E-state index in [1.807, 2.05) is 30.3 Å². The number of nitrogens with two attached hydrogens (primary N) is 1. The lowest BCUT2D eigenvalue weighted by atomic mass is 9.73. The number of phenols is 2. The molecule has 0 spiro atoms. The van der Waals surface area contributed by atoms with Gasteiger partial charge in [-0.1, -0.05) is 54.6 Å². The minimum absolute atomic E-state index is 0.0433. The number of aromatic hydroxyl groups is 2. The van der Waals surface area contributed by atoms with E-state index < -0.39 is 17.7 Å². The van der Waals surface area contributed by atoms with Crippen molar-refractivity contribution in [2.45, 2.75) is 18.4 Å². The fourth-order valence-corrected chi connectivity index (χ4v) is 3.87. The van der Waals surface area contributed by atoms with Crippen molar-refractivity contribution in [2.24, 2.45) is 5.73 Å². The predicted octanol–water partition coefficient (Wildman–Crippen LogP) is 2.91. The Hall–Kier alpha value is -3.44. The highest BCUT2D eigenvalue weighted by Gasteiger charge is 2.39. The van der Waals surface area contributed by atoms with Crippen molar-refractivity contribution >= 4 is 11.6 Å². The summed E-state index contributed by atoms with van der Waals surface area (Å²) in [5.74, 6) is -2.03. The maximum absolute atomic E-state index is 13.4. The van der Waals surface area contributed by atoms with Gasteiger partial charge < -0.3 is 15.9 Å². The highest BCUT2D eigenvalue weighted by molar-refractivity contribution is 6.18. The van der Waals surface area contributed by atoms with Crippen LogP contribution < -0.4 is 5.73 Å². The summed E-state index contributed by atoms with van der Waals surface area (Å²) in [4.78, 5) is 26.3. The molecule has 0 saturated heterocycles. The average Bonchev–Trinajstić information content (AvgIpc) is 2.68. The number of hydrogen-bond acceptors (Lipinski definition) is 5. The van der Waals surface area contributed by atoms with Crippen LogP contribution in [0.3, 0.4) is 0 Å². The molecule has 0 aromatic heterocycles. The van der Waals surface area contributed by atoms with Crippen molar-refractivity contribution in [1.82, 2.24) is 0 Å². The molecule has 0 aliphatic heterocycles. The van der Waals surface area contributed by atoms with Gasteiger partial charge in [-0.15, -0.1) is 0 Å². The summed E-state index contributed by atoms with van der Waals surface area (Å²) < 4.78 is 0. The third-order valence-corrected chi connectivity index (χ3v) is 5.17. The van der Waals surface area contributed by atoms with E-state index in [0.717, 1.165) is 5.56 Å². The van der Waals surface area contributed by atoms with Crippen LogP contribution in [0.5, 0.6) is 11.5 Å². The molecule has 1 atom stereocenters. The molecule has 1 aliphatic carbocycles. The highest BCUT2D eigenvalue weighted by atomic mass is 16.3. The number of hydrogen-bond donors (Lipinski definition) is 3. The second-order valence-corrected chi connectivity index (χ2v) is 6.94. The molecular weight excluding hydrogens is 354 g/mol. The van der Waals surface area contributed by atoms with E-state index in [1.165, 1.54) is 12.1 Å². The summed E-state index contributed by atoms with van der Waals surface area (Å²) in [5, 5.41) is 20.5. The van der Waals surface area contributed by atoms with E-state index in [4.69, 9.17) is 5.73 Å². The fraction of sp³-hybridized carbons (Fsp3) is 0.130. The Balaban J connectivity index is 1.82. The first kappa shape index (κ1) is 17.9. The smallest absolute Gasteiger partial charge is 0.201 e. The van der Waals surface area contributed by atoms with Crippen LogP contribution in [0.15, 0.2) is 66.7 Å². The molecule has 3 aromatic carbocycles. The first-order valence-corrected chi connectivity index (χ1v) is 9.00. The lowest BCUT2D eigenvalue weighted by Crippen LogP contribution is -2.39. The molecule has 3 aromatic rings. The summed E-state index contributed by atoms with van der Waals surface area (Å²) in [6, 6.07) is 17.9. The minimum Gasteiger partial charge on any atom is -0.507 e. The standard InChI is InChI=1S/C23H19NO4/c24-16(12-13-6-2-1-3-7-13)22(27)19-14-8-4-10-17(25)20(14)23(28)21-15(19)9-5-11-18(21)26/h1-11,16,19,25-26H,12,24H2/t16-/m0/s1. The number of benzene rings is 3. The number of phenolic OH excluding ortho intramolecular Hbond substituents is 2. The van der Waals surface area contributed by atoms with Gasteiger partial charge in [0.2, 0.25) is 5.78 Å². The van der Waals surface area contributed by atoms with Crippen LogP contribution in [0, 0.1) is 0 Å². The Morgan fingerprint density at radius 2 is 1.39 bits per heavy atom. The fourth-order valence-electron chi connectivity index (χ4n) is 3.87. The van der Waals surface area contributed by atoms with Gasteiger partial charge in [-0.3, -0.25) is 9.59 Å². The largest absolute Gasteiger partial charge is 0.507 e. The zero-order valence-corrected chi connectivity index (χ0v) is 15.0. The summed E-state index contributed by atoms with van der Waals surface area (Å²) in [5.41, 5.74) is 8.09. The number of fused-ring (bicyclic) bond motifs is 2. The van der Waals surface area contributed by atoms with Crippen LogP contribution in [0.4, 0.5) is 0 Å². The molecular formula is C23H19NO4. The summed E-state index contributed by atoms with van der Waals surface area (Å²) in [6.07, 6.45) is 0.354. The van der Waals surface area contributed by atoms with E-state index in [0.29, 0.717) is 17.5 Å². The molecule has 0 fully saturated rings. The zero-order valence-electron chi connectivity index (χ0n) is 15.0. The third-order valence-electron chi connectivity index (χ3n) is 5.17. The normalized spacial score (nSPS) is 14.2. The van der Waals surface area contributed by atoms with E-state index >= 15 is 0 Å². The number of carbonyl (C=O) groups excluding carboxylic acids is 2. The van der Waals surface area contributed by atoms with Crippen molar-refractivity contribution in [2.75, 3.05) is 0 Å². The number of Topliss-reactive ketones (excluding diaryl/α,β-unsaturated/α-hetero) is 1. The van der Waals surface area contributed by atoms with Gasteiger partial charge in [0.15, 0.2) is 5.78 Å². The summed E-state index contributed by atoms with van der Waals surface area (Å²) in [7, 11) is 0. The van der Waals surface area contributed by atoms with E-state index in [2.05, 4.69) is 0 Å². The number of rotatable bonds is 4. The molecule has 5 heteroatoms. The van der Waals surface area contributed by atoms with Crippen molar-refractivity contribution in [3.8, 4) is 11.5 Å². The molecule has 4 rings (SSSR count). The average molecular weight is 373 g/mol. The molecule has 0 radical (unpaired) electrons. The Labute approximate surface area is 162 Å². The Kier molecular flexibility index (Phi) is 4.45. The molecule has 28 heavy (non-hydrogen) atoms. The summed E-state index contributed by atoms with van der Waals surface area (Å²) >= 11 is 0. The van der Waals surface area contributed by atoms with Gasteiger partial charge in [0.25, 0.3) is 0 Å². The summed E-state index contributed by atoms with van der Waals surface area (Å²) in [6.45, 7) is 0. The molecule has 0 amide bonds. The van der Waals surface area contributed by atoms with E-state index in [-0.39, 0.29) is 28.4 Å². The molecule has 5 nitrogen and oxygen atoms in total. The maximum Gasteiger partial charge on any atom is 0.201 e.